The number of amides is 1. The van der Waals surface area contributed by atoms with Gasteiger partial charge in [-0.15, -0.1) is 0 Å². The van der Waals surface area contributed by atoms with Crippen LogP contribution in [0, 0.1) is 0 Å². The lowest BCUT2D eigenvalue weighted by Crippen LogP contribution is -2.35. The minimum absolute atomic E-state index is 0.131. The van der Waals surface area contributed by atoms with E-state index in [-0.39, 0.29) is 22.8 Å². The Morgan fingerprint density at radius 1 is 1.41 bits per heavy atom. The lowest BCUT2D eigenvalue weighted by atomic mass is 9.90. The molecule has 3 heterocycles. The highest BCUT2D eigenvalue weighted by Crippen LogP contribution is 2.33. The second-order valence-corrected chi connectivity index (χ2v) is 6.42. The van der Waals surface area contributed by atoms with Crippen molar-refractivity contribution in [2.45, 2.75) is 25.1 Å². The molecule has 0 unspecified atom stereocenters. The fraction of sp³-hybridized carbons (Fsp3) is 0.294. The molecule has 1 saturated carbocycles. The van der Waals surface area contributed by atoms with Gasteiger partial charge in [0.2, 0.25) is 0 Å². The fourth-order valence-electron chi connectivity index (χ4n) is 3.16. The molecule has 27 heavy (non-hydrogen) atoms. The van der Waals surface area contributed by atoms with Crippen LogP contribution in [-0.2, 0) is 0 Å². The monoisotopic (exact) mass is 371 g/mol. The summed E-state index contributed by atoms with van der Waals surface area (Å²) in [7, 11) is 1.70. The van der Waals surface area contributed by atoms with Crippen LogP contribution in [0.3, 0.4) is 0 Å². The SMILES string of the molecule is CNc1cc(Nc2cccn([C@H]3C[C@H](F)C3)c2=O)nc2c(C(N)=O)cnn12. The van der Waals surface area contributed by atoms with Crippen LogP contribution in [0.5, 0.6) is 0 Å². The zero-order valence-corrected chi connectivity index (χ0v) is 14.5. The number of anilines is 3. The maximum Gasteiger partial charge on any atom is 0.274 e. The molecule has 0 spiro atoms. The average Bonchev–Trinajstić information content (AvgIpc) is 3.04. The van der Waals surface area contributed by atoms with Gasteiger partial charge in [0.25, 0.3) is 11.5 Å². The molecule has 0 aliphatic heterocycles. The number of nitrogens with zero attached hydrogens (tertiary/aromatic N) is 4. The Kier molecular flexibility index (Phi) is 4.02. The number of pyridine rings is 1. The first kappa shape index (κ1) is 17.0. The number of alkyl halides is 1. The summed E-state index contributed by atoms with van der Waals surface area (Å²) in [5.74, 6) is 0.261. The van der Waals surface area contributed by atoms with Crippen molar-refractivity contribution >= 4 is 28.9 Å². The minimum Gasteiger partial charge on any atom is -0.373 e. The fourth-order valence-corrected chi connectivity index (χ4v) is 3.16. The van der Waals surface area contributed by atoms with Gasteiger partial charge >= 0.3 is 0 Å². The molecule has 4 rings (SSSR count). The molecule has 3 aromatic rings. The van der Waals surface area contributed by atoms with Crippen LogP contribution in [0.4, 0.5) is 21.7 Å². The summed E-state index contributed by atoms with van der Waals surface area (Å²) in [5.41, 5.74) is 5.86. The molecule has 0 aromatic carbocycles. The third kappa shape index (κ3) is 2.88. The minimum atomic E-state index is -0.852. The zero-order chi connectivity index (χ0) is 19.1. The van der Waals surface area contributed by atoms with Gasteiger partial charge in [-0.3, -0.25) is 9.59 Å². The third-order valence-corrected chi connectivity index (χ3v) is 4.68. The van der Waals surface area contributed by atoms with Crippen molar-refractivity contribution in [2.75, 3.05) is 17.7 Å². The number of nitrogens with one attached hydrogen (secondary N) is 2. The van der Waals surface area contributed by atoms with Crippen LogP contribution in [-0.4, -0.2) is 38.3 Å². The molecular weight excluding hydrogens is 353 g/mol. The number of hydrogen-bond donors (Lipinski definition) is 3. The highest BCUT2D eigenvalue weighted by molar-refractivity contribution is 5.98. The van der Waals surface area contributed by atoms with Crippen molar-refractivity contribution in [1.29, 1.82) is 0 Å². The van der Waals surface area contributed by atoms with Crippen molar-refractivity contribution in [2.24, 2.45) is 5.73 Å². The first-order valence-corrected chi connectivity index (χ1v) is 8.46. The number of halogens is 1. The van der Waals surface area contributed by atoms with E-state index < -0.39 is 12.1 Å². The normalized spacial score (nSPS) is 18.9. The van der Waals surface area contributed by atoms with Crippen molar-refractivity contribution in [3.63, 3.8) is 0 Å². The number of rotatable bonds is 5. The Balaban J connectivity index is 1.73. The van der Waals surface area contributed by atoms with Crippen LogP contribution in [0.2, 0.25) is 0 Å². The number of fused-ring (bicyclic) bond motifs is 1. The topological polar surface area (TPSA) is 119 Å². The molecule has 1 aliphatic carbocycles. The molecule has 1 amide bonds. The van der Waals surface area contributed by atoms with E-state index in [1.54, 1.807) is 31.4 Å². The Bertz CT molecular complexity index is 1080. The van der Waals surface area contributed by atoms with Crippen molar-refractivity contribution in [3.05, 3.63) is 46.5 Å². The lowest BCUT2D eigenvalue weighted by molar-refractivity contribution is 0.100. The summed E-state index contributed by atoms with van der Waals surface area (Å²) in [6.07, 6.45) is 2.83. The molecule has 0 saturated heterocycles. The van der Waals surface area contributed by atoms with Crippen LogP contribution < -0.4 is 21.9 Å². The highest BCUT2D eigenvalue weighted by atomic mass is 19.1. The van der Waals surface area contributed by atoms with E-state index in [1.807, 2.05) is 0 Å². The smallest absolute Gasteiger partial charge is 0.274 e. The van der Waals surface area contributed by atoms with Crippen LogP contribution >= 0.6 is 0 Å². The molecule has 0 bridgehead atoms. The number of carbonyl (C=O) groups excluding carboxylic acids is 1. The van der Waals surface area contributed by atoms with E-state index in [0.717, 1.165) is 0 Å². The Hall–Kier alpha value is -3.43. The Morgan fingerprint density at radius 3 is 2.85 bits per heavy atom. The molecule has 1 aliphatic rings. The van der Waals surface area contributed by atoms with Gasteiger partial charge < -0.3 is 20.9 Å². The quantitative estimate of drug-likeness (QED) is 0.624. The van der Waals surface area contributed by atoms with Crippen molar-refractivity contribution in [3.8, 4) is 0 Å². The molecular formula is C17H18FN7O2. The maximum absolute atomic E-state index is 13.1. The zero-order valence-electron chi connectivity index (χ0n) is 14.5. The summed E-state index contributed by atoms with van der Waals surface area (Å²) in [5, 5.41) is 10.0. The molecule has 0 atom stereocenters. The molecule has 0 radical (unpaired) electrons. The molecule has 9 nitrogen and oxygen atoms in total. The summed E-state index contributed by atoms with van der Waals surface area (Å²) >= 11 is 0. The Labute approximate surface area is 153 Å². The van der Waals surface area contributed by atoms with Crippen molar-refractivity contribution in [1.82, 2.24) is 19.2 Å². The van der Waals surface area contributed by atoms with E-state index in [1.165, 1.54) is 15.3 Å². The molecule has 4 N–H and O–H groups in total. The predicted molar refractivity (Wildman–Crippen MR) is 98.2 cm³/mol. The highest BCUT2D eigenvalue weighted by Gasteiger charge is 2.31. The van der Waals surface area contributed by atoms with Gasteiger partial charge in [-0.1, -0.05) is 0 Å². The maximum atomic E-state index is 13.1. The van der Waals surface area contributed by atoms with E-state index in [9.17, 15) is 14.0 Å². The van der Waals surface area contributed by atoms with Crippen LogP contribution in [0.1, 0.15) is 29.2 Å². The molecule has 1 fully saturated rings. The summed E-state index contributed by atoms with van der Waals surface area (Å²) in [6.45, 7) is 0. The first-order valence-electron chi connectivity index (χ1n) is 8.46. The third-order valence-electron chi connectivity index (χ3n) is 4.68. The van der Waals surface area contributed by atoms with Gasteiger partial charge in [-0.25, -0.2) is 9.37 Å². The van der Waals surface area contributed by atoms with Gasteiger partial charge in [-0.05, 0) is 25.0 Å². The predicted octanol–water partition coefficient (Wildman–Crippen LogP) is 1.45. The average molecular weight is 371 g/mol. The van der Waals surface area contributed by atoms with Gasteiger partial charge in [0.05, 0.1) is 6.20 Å². The van der Waals surface area contributed by atoms with Crippen LogP contribution in [0.25, 0.3) is 5.65 Å². The summed E-state index contributed by atoms with van der Waals surface area (Å²) in [4.78, 5) is 28.7. The lowest BCUT2D eigenvalue weighted by Gasteiger charge is -2.31. The number of nitrogens with two attached hydrogens (primary N) is 1. The number of carbonyl (C=O) groups is 1. The number of aromatic nitrogens is 4. The molecule has 140 valence electrons. The van der Waals surface area contributed by atoms with Gasteiger partial charge in [0.1, 0.15) is 29.1 Å². The van der Waals surface area contributed by atoms with E-state index in [2.05, 4.69) is 20.7 Å². The standard InChI is InChI=1S/C17H18FN7O2/c1-20-14-7-13(23-16-11(15(19)26)8-21-25(14)16)22-12-3-2-4-24(17(12)27)10-5-9(18)6-10/h2-4,7-10,20H,5-6H2,1H3,(H2,19,26)(H,22,23)/t9-,10-. The molecule has 3 aromatic heterocycles. The van der Waals surface area contributed by atoms with Gasteiger partial charge in [0.15, 0.2) is 5.65 Å². The largest absolute Gasteiger partial charge is 0.373 e. The Morgan fingerprint density at radius 2 is 2.19 bits per heavy atom. The second-order valence-electron chi connectivity index (χ2n) is 6.42. The first-order chi connectivity index (χ1) is 13.0. The van der Waals surface area contributed by atoms with Gasteiger partial charge in [0, 0.05) is 25.4 Å². The number of primary amides is 1. The van der Waals surface area contributed by atoms with E-state index in [4.69, 9.17) is 5.73 Å². The van der Waals surface area contributed by atoms with Gasteiger partial charge in [-0.2, -0.15) is 9.61 Å². The van der Waals surface area contributed by atoms with Crippen LogP contribution in [0.15, 0.2) is 35.4 Å². The summed E-state index contributed by atoms with van der Waals surface area (Å²) < 4.78 is 16.1. The summed E-state index contributed by atoms with van der Waals surface area (Å²) in [6, 6.07) is 4.87. The number of hydrogen-bond acceptors (Lipinski definition) is 6. The van der Waals surface area contributed by atoms with E-state index in [0.29, 0.717) is 30.2 Å². The van der Waals surface area contributed by atoms with Crippen molar-refractivity contribution < 1.29 is 9.18 Å². The van der Waals surface area contributed by atoms with E-state index >= 15 is 0 Å². The second kappa shape index (κ2) is 6.38. The molecule has 10 heteroatoms.